The highest BCUT2D eigenvalue weighted by Crippen LogP contribution is 2.29. The van der Waals surface area contributed by atoms with Crippen LogP contribution in [-0.2, 0) is 14.3 Å². The summed E-state index contributed by atoms with van der Waals surface area (Å²) in [5.41, 5.74) is 1.75. The smallest absolute Gasteiger partial charge is 0.408 e. The van der Waals surface area contributed by atoms with Gasteiger partial charge in [0.1, 0.15) is 18.2 Å². The average Bonchev–Trinajstić information content (AvgIpc) is 2.77. The van der Waals surface area contributed by atoms with Crippen molar-refractivity contribution in [2.75, 3.05) is 18.4 Å². The normalized spacial score (nSPS) is 11.7. The number of ether oxygens (including phenoxy) is 1. The van der Waals surface area contributed by atoms with Crippen LogP contribution in [0.15, 0.2) is 42.5 Å². The number of carbonyl (C=O) groups is 3. The van der Waals surface area contributed by atoms with E-state index in [-0.39, 0.29) is 13.1 Å². The first-order valence-corrected chi connectivity index (χ1v) is 11.2. The number of anilines is 1. The third kappa shape index (κ3) is 7.26. The van der Waals surface area contributed by atoms with Crippen LogP contribution >= 0.6 is 11.6 Å². The quantitative estimate of drug-likeness (QED) is 0.559. The topological polar surface area (TPSA) is 87.7 Å². The van der Waals surface area contributed by atoms with Crippen molar-refractivity contribution in [1.82, 2.24) is 10.2 Å². The molecular weight excluding hydrogens is 454 g/mol. The van der Waals surface area contributed by atoms with Gasteiger partial charge in [0.05, 0.1) is 10.7 Å². The molecule has 3 amide bonds. The number of alkyl carbamates (subject to hydrolysis) is 1. The first kappa shape index (κ1) is 26.7. The summed E-state index contributed by atoms with van der Waals surface area (Å²) in [6.45, 7) is 8.64. The van der Waals surface area contributed by atoms with Crippen molar-refractivity contribution < 1.29 is 19.1 Å². The minimum absolute atomic E-state index is 0.214. The Kier molecular flexibility index (Phi) is 9.11. The van der Waals surface area contributed by atoms with Gasteiger partial charge < -0.3 is 20.3 Å². The maximum absolute atomic E-state index is 13.5. The molecule has 0 heterocycles. The molecule has 34 heavy (non-hydrogen) atoms. The van der Waals surface area contributed by atoms with Crippen molar-refractivity contribution in [3.63, 3.8) is 0 Å². The van der Waals surface area contributed by atoms with Crippen LogP contribution in [0.3, 0.4) is 0 Å². The molecule has 0 aliphatic heterocycles. The second-order valence-electron chi connectivity index (χ2n) is 8.63. The van der Waals surface area contributed by atoms with Gasteiger partial charge in [0.25, 0.3) is 5.91 Å². The molecule has 7 nitrogen and oxygen atoms in total. The summed E-state index contributed by atoms with van der Waals surface area (Å²) < 4.78 is 5.19. The first-order chi connectivity index (χ1) is 16.0. The number of amides is 3. The number of hydrogen-bond acceptors (Lipinski definition) is 4. The number of terminal acetylenes is 1. The average molecular weight is 484 g/mol. The van der Waals surface area contributed by atoms with E-state index in [4.69, 9.17) is 22.8 Å². The van der Waals surface area contributed by atoms with E-state index < -0.39 is 29.6 Å². The lowest BCUT2D eigenvalue weighted by atomic mass is 10.0. The van der Waals surface area contributed by atoms with Gasteiger partial charge in [-0.2, -0.15) is 0 Å². The van der Waals surface area contributed by atoms with Crippen molar-refractivity contribution >= 4 is 35.2 Å². The Morgan fingerprint density at radius 2 is 1.79 bits per heavy atom. The molecule has 0 bridgehead atoms. The number of para-hydroxylation sites is 1. The maximum Gasteiger partial charge on any atom is 0.408 e. The zero-order valence-corrected chi connectivity index (χ0v) is 20.8. The molecule has 2 aromatic carbocycles. The summed E-state index contributed by atoms with van der Waals surface area (Å²) in [4.78, 5) is 40.0. The number of likely N-dealkylation sites (N-methyl/N-ethyl adjacent to an activating group) is 1. The molecule has 0 saturated heterocycles. The van der Waals surface area contributed by atoms with Crippen molar-refractivity contribution in [3.8, 4) is 12.3 Å². The Hall–Kier alpha value is -3.50. The van der Waals surface area contributed by atoms with E-state index >= 15 is 0 Å². The van der Waals surface area contributed by atoms with Crippen LogP contribution in [0.2, 0.25) is 5.02 Å². The fourth-order valence-corrected chi connectivity index (χ4v) is 3.55. The largest absolute Gasteiger partial charge is 0.444 e. The van der Waals surface area contributed by atoms with Gasteiger partial charge in [-0.05, 0) is 63.9 Å². The highest BCUT2D eigenvalue weighted by molar-refractivity contribution is 6.34. The van der Waals surface area contributed by atoms with Crippen molar-refractivity contribution in [2.24, 2.45) is 0 Å². The lowest BCUT2D eigenvalue weighted by Crippen LogP contribution is -2.46. The number of nitrogens with one attached hydrogen (secondary N) is 2. The summed E-state index contributed by atoms with van der Waals surface area (Å²) in [6.07, 6.45) is 4.74. The van der Waals surface area contributed by atoms with Crippen molar-refractivity contribution in [3.05, 3.63) is 64.2 Å². The minimum Gasteiger partial charge on any atom is -0.444 e. The van der Waals surface area contributed by atoms with E-state index in [1.807, 2.05) is 13.0 Å². The van der Waals surface area contributed by atoms with Crippen LogP contribution in [-0.4, -0.2) is 41.5 Å². The molecule has 180 valence electrons. The Balaban J connectivity index is 2.34. The van der Waals surface area contributed by atoms with Gasteiger partial charge in [-0.15, -0.1) is 6.42 Å². The lowest BCUT2D eigenvalue weighted by molar-refractivity contribution is -0.138. The van der Waals surface area contributed by atoms with E-state index in [1.165, 1.54) is 4.90 Å². The van der Waals surface area contributed by atoms with Gasteiger partial charge in [0, 0.05) is 12.1 Å². The number of rotatable bonds is 7. The zero-order chi connectivity index (χ0) is 25.5. The van der Waals surface area contributed by atoms with Crippen LogP contribution in [0.5, 0.6) is 0 Å². The molecule has 0 fully saturated rings. The van der Waals surface area contributed by atoms with Gasteiger partial charge in [-0.3, -0.25) is 9.59 Å². The zero-order valence-electron chi connectivity index (χ0n) is 20.1. The van der Waals surface area contributed by atoms with Gasteiger partial charge >= 0.3 is 6.09 Å². The minimum atomic E-state index is -0.986. The first-order valence-electron chi connectivity index (χ1n) is 10.9. The monoisotopic (exact) mass is 483 g/mol. The fourth-order valence-electron chi connectivity index (χ4n) is 3.28. The third-order valence-electron chi connectivity index (χ3n) is 4.87. The molecule has 8 heteroatoms. The Morgan fingerprint density at radius 3 is 2.32 bits per heavy atom. The maximum atomic E-state index is 13.5. The molecule has 0 aliphatic carbocycles. The van der Waals surface area contributed by atoms with Crippen LogP contribution < -0.4 is 10.6 Å². The second kappa shape index (κ2) is 11.6. The SMILES string of the molecule is C#Cc1ccc(C(C(=O)Nc2c(C)cccc2Cl)N(CC)C(=O)CNC(=O)OC(C)(C)C)cc1. The summed E-state index contributed by atoms with van der Waals surface area (Å²) >= 11 is 6.30. The highest BCUT2D eigenvalue weighted by Gasteiger charge is 2.31. The van der Waals surface area contributed by atoms with E-state index in [1.54, 1.807) is 64.1 Å². The molecular formula is C26H30ClN3O4. The van der Waals surface area contributed by atoms with Crippen molar-refractivity contribution in [2.45, 2.75) is 46.3 Å². The van der Waals surface area contributed by atoms with E-state index in [2.05, 4.69) is 16.6 Å². The van der Waals surface area contributed by atoms with Gasteiger partial charge in [0.15, 0.2) is 0 Å². The highest BCUT2D eigenvalue weighted by atomic mass is 35.5. The number of aryl methyl sites for hydroxylation is 1. The summed E-state index contributed by atoms with van der Waals surface area (Å²) in [7, 11) is 0. The standard InChI is InChI=1S/C26H30ClN3O4/c1-7-18-12-14-19(15-13-18)23(24(32)29-22-17(3)10-9-11-20(22)27)30(8-2)21(31)16-28-25(33)34-26(4,5)6/h1,9-15,23H,8,16H2,2-6H3,(H,28,33)(H,29,32). The second-order valence-corrected chi connectivity index (χ2v) is 9.03. The summed E-state index contributed by atoms with van der Waals surface area (Å²) in [6, 6.07) is 11.1. The van der Waals surface area contributed by atoms with E-state index in [0.29, 0.717) is 21.8 Å². The van der Waals surface area contributed by atoms with E-state index in [9.17, 15) is 14.4 Å². The Morgan fingerprint density at radius 1 is 1.15 bits per heavy atom. The van der Waals surface area contributed by atoms with Crippen molar-refractivity contribution in [1.29, 1.82) is 0 Å². The molecule has 2 N–H and O–H groups in total. The molecule has 2 rings (SSSR count). The number of halogens is 1. The molecule has 0 saturated carbocycles. The molecule has 0 aliphatic rings. The molecule has 0 aromatic heterocycles. The van der Waals surface area contributed by atoms with Gasteiger partial charge in [0.2, 0.25) is 5.91 Å². The van der Waals surface area contributed by atoms with Crippen LogP contribution in [0, 0.1) is 19.3 Å². The van der Waals surface area contributed by atoms with Crippen LogP contribution in [0.4, 0.5) is 10.5 Å². The Labute approximate surface area is 205 Å². The summed E-state index contributed by atoms with van der Waals surface area (Å²) in [5, 5.41) is 5.69. The number of carbonyl (C=O) groups excluding carboxylic acids is 3. The molecule has 0 radical (unpaired) electrons. The number of hydrogen-bond donors (Lipinski definition) is 2. The van der Waals surface area contributed by atoms with Crippen LogP contribution in [0.25, 0.3) is 0 Å². The van der Waals surface area contributed by atoms with E-state index in [0.717, 1.165) is 5.56 Å². The predicted octanol–water partition coefficient (Wildman–Crippen LogP) is 4.68. The lowest BCUT2D eigenvalue weighted by Gasteiger charge is -2.31. The number of benzene rings is 2. The van der Waals surface area contributed by atoms with Crippen LogP contribution in [0.1, 0.15) is 50.4 Å². The molecule has 2 aromatic rings. The third-order valence-corrected chi connectivity index (χ3v) is 5.18. The molecule has 1 unspecified atom stereocenters. The Bertz CT molecular complexity index is 1060. The fraction of sp³-hybridized carbons (Fsp3) is 0.346. The molecule has 1 atom stereocenters. The van der Waals surface area contributed by atoms with Gasteiger partial charge in [-0.1, -0.05) is 41.8 Å². The number of nitrogens with zero attached hydrogens (tertiary/aromatic N) is 1. The van der Waals surface area contributed by atoms with Gasteiger partial charge in [-0.25, -0.2) is 4.79 Å². The molecule has 0 spiro atoms. The predicted molar refractivity (Wildman–Crippen MR) is 134 cm³/mol. The summed E-state index contributed by atoms with van der Waals surface area (Å²) in [5.74, 6) is 1.63.